The van der Waals surface area contributed by atoms with Crippen molar-refractivity contribution < 1.29 is 18.0 Å². The fraction of sp³-hybridized carbons (Fsp3) is 0.412. The second kappa shape index (κ2) is 7.13. The van der Waals surface area contributed by atoms with Crippen molar-refractivity contribution in [3.05, 3.63) is 40.9 Å². The number of halogens is 3. The molecule has 134 valence electrons. The summed E-state index contributed by atoms with van der Waals surface area (Å²) in [6.45, 7) is 1.26. The summed E-state index contributed by atoms with van der Waals surface area (Å²) >= 11 is 1.25. The molecule has 1 aliphatic heterocycles. The van der Waals surface area contributed by atoms with Gasteiger partial charge in [-0.1, -0.05) is 12.1 Å². The molecular weight excluding hydrogens is 351 g/mol. The topological polar surface area (TPSA) is 59.2 Å². The Morgan fingerprint density at radius 3 is 2.60 bits per heavy atom. The lowest BCUT2D eigenvalue weighted by molar-refractivity contribution is -0.137. The lowest BCUT2D eigenvalue weighted by Gasteiger charge is -2.19. The monoisotopic (exact) mass is 369 g/mol. The number of likely N-dealkylation sites (tertiary alicyclic amines) is 1. The number of rotatable bonds is 2. The van der Waals surface area contributed by atoms with E-state index in [-0.39, 0.29) is 11.9 Å². The standard InChI is InChI=1S/C17H18F3N3OS/c18-17(19,20)12-5-3-11(4-6-12)15-22-14(10-25-15)16(24)23-8-1-2-13(21)7-9-23/h3-6,10,13H,1-2,7-9,21H2/t13-/m0/s1. The van der Waals surface area contributed by atoms with Crippen LogP contribution in [0.5, 0.6) is 0 Å². The van der Waals surface area contributed by atoms with Crippen molar-refractivity contribution in [2.75, 3.05) is 13.1 Å². The van der Waals surface area contributed by atoms with Gasteiger partial charge in [0.1, 0.15) is 10.7 Å². The number of thiazole rings is 1. The molecule has 1 amide bonds. The van der Waals surface area contributed by atoms with Crippen LogP contribution in [0, 0.1) is 0 Å². The van der Waals surface area contributed by atoms with Gasteiger partial charge in [0.25, 0.3) is 5.91 Å². The van der Waals surface area contributed by atoms with Gasteiger partial charge in [-0.25, -0.2) is 4.98 Å². The Bertz CT molecular complexity index is 742. The first-order valence-electron chi connectivity index (χ1n) is 8.02. The average molecular weight is 369 g/mol. The molecule has 1 aliphatic rings. The molecule has 25 heavy (non-hydrogen) atoms. The van der Waals surface area contributed by atoms with E-state index >= 15 is 0 Å². The molecule has 1 fully saturated rings. The summed E-state index contributed by atoms with van der Waals surface area (Å²) in [7, 11) is 0. The molecule has 2 N–H and O–H groups in total. The molecule has 8 heteroatoms. The minimum atomic E-state index is -4.36. The van der Waals surface area contributed by atoms with Crippen LogP contribution in [0.15, 0.2) is 29.6 Å². The fourth-order valence-electron chi connectivity index (χ4n) is 2.79. The summed E-state index contributed by atoms with van der Waals surface area (Å²) in [6, 6.07) is 4.92. The number of carbonyl (C=O) groups excluding carboxylic acids is 1. The SMILES string of the molecule is N[C@H]1CCCN(C(=O)c2csc(-c3ccc(C(F)(F)F)cc3)n2)CC1. The second-order valence-corrected chi connectivity index (χ2v) is 6.95. The van der Waals surface area contributed by atoms with Gasteiger partial charge >= 0.3 is 6.18 Å². The maximum absolute atomic E-state index is 12.6. The Labute approximate surface area is 147 Å². The molecule has 0 aliphatic carbocycles. The van der Waals surface area contributed by atoms with Gasteiger partial charge in [0, 0.05) is 30.1 Å². The van der Waals surface area contributed by atoms with Gasteiger partial charge in [0.15, 0.2) is 0 Å². The molecule has 0 saturated carbocycles. The molecule has 1 aromatic carbocycles. The molecule has 1 aromatic heterocycles. The highest BCUT2D eigenvalue weighted by Gasteiger charge is 2.30. The van der Waals surface area contributed by atoms with Crippen LogP contribution in [0.2, 0.25) is 0 Å². The van der Waals surface area contributed by atoms with Crippen molar-refractivity contribution >= 4 is 17.2 Å². The van der Waals surface area contributed by atoms with Crippen LogP contribution >= 0.6 is 11.3 Å². The third kappa shape index (κ3) is 4.19. The number of amides is 1. The largest absolute Gasteiger partial charge is 0.416 e. The summed E-state index contributed by atoms with van der Waals surface area (Å²) in [4.78, 5) is 18.6. The van der Waals surface area contributed by atoms with E-state index in [4.69, 9.17) is 5.73 Å². The zero-order valence-corrected chi connectivity index (χ0v) is 14.2. The minimum Gasteiger partial charge on any atom is -0.337 e. The van der Waals surface area contributed by atoms with Gasteiger partial charge in [-0.3, -0.25) is 4.79 Å². The first-order valence-corrected chi connectivity index (χ1v) is 8.90. The lowest BCUT2D eigenvalue weighted by atomic mass is 10.1. The third-order valence-electron chi connectivity index (χ3n) is 4.24. The summed E-state index contributed by atoms with van der Waals surface area (Å²) in [6.07, 6.45) is -1.84. The number of alkyl halides is 3. The summed E-state index contributed by atoms with van der Waals surface area (Å²) in [5.74, 6) is -0.150. The zero-order valence-electron chi connectivity index (χ0n) is 13.4. The van der Waals surface area contributed by atoms with Gasteiger partial charge in [-0.2, -0.15) is 13.2 Å². The van der Waals surface area contributed by atoms with Crippen molar-refractivity contribution in [3.63, 3.8) is 0 Å². The average Bonchev–Trinajstić information content (AvgIpc) is 2.97. The summed E-state index contributed by atoms with van der Waals surface area (Å²) < 4.78 is 37.9. The highest BCUT2D eigenvalue weighted by Crippen LogP contribution is 2.32. The normalized spacial score (nSPS) is 18.9. The number of carbonyl (C=O) groups is 1. The molecule has 3 rings (SSSR count). The Morgan fingerprint density at radius 1 is 1.20 bits per heavy atom. The van der Waals surface area contributed by atoms with E-state index in [0.29, 0.717) is 29.4 Å². The smallest absolute Gasteiger partial charge is 0.337 e. The van der Waals surface area contributed by atoms with Crippen LogP contribution < -0.4 is 5.73 Å². The summed E-state index contributed by atoms with van der Waals surface area (Å²) in [5, 5.41) is 2.18. The quantitative estimate of drug-likeness (QED) is 0.876. The van der Waals surface area contributed by atoms with Gasteiger partial charge in [0.2, 0.25) is 0 Å². The number of hydrogen-bond acceptors (Lipinski definition) is 4. The van der Waals surface area contributed by atoms with Gasteiger partial charge < -0.3 is 10.6 Å². The van der Waals surface area contributed by atoms with Crippen LogP contribution in [-0.2, 0) is 6.18 Å². The predicted molar refractivity (Wildman–Crippen MR) is 90.3 cm³/mol. The first-order chi connectivity index (χ1) is 11.8. The Hall–Kier alpha value is -1.93. The molecule has 0 spiro atoms. The fourth-order valence-corrected chi connectivity index (χ4v) is 3.59. The number of benzene rings is 1. The number of aromatic nitrogens is 1. The first kappa shape index (κ1) is 17.9. The van der Waals surface area contributed by atoms with Crippen molar-refractivity contribution in [2.24, 2.45) is 5.73 Å². The van der Waals surface area contributed by atoms with E-state index in [1.807, 2.05) is 0 Å². The number of nitrogens with zero attached hydrogens (tertiary/aromatic N) is 2. The van der Waals surface area contributed by atoms with E-state index < -0.39 is 11.7 Å². The molecule has 0 unspecified atom stereocenters. The Balaban J connectivity index is 1.74. The van der Waals surface area contributed by atoms with Gasteiger partial charge in [-0.05, 0) is 31.4 Å². The summed E-state index contributed by atoms with van der Waals surface area (Å²) in [5.41, 5.74) is 6.12. The molecule has 1 atom stereocenters. The van der Waals surface area contributed by atoms with E-state index in [0.717, 1.165) is 31.4 Å². The van der Waals surface area contributed by atoms with Gasteiger partial charge in [0.05, 0.1) is 5.56 Å². The molecule has 0 radical (unpaired) electrons. The van der Waals surface area contributed by atoms with E-state index in [1.54, 1.807) is 10.3 Å². The minimum absolute atomic E-state index is 0.121. The number of nitrogens with two attached hydrogens (primary N) is 1. The maximum Gasteiger partial charge on any atom is 0.416 e. The van der Waals surface area contributed by atoms with E-state index in [1.165, 1.54) is 23.5 Å². The molecule has 2 aromatic rings. The third-order valence-corrected chi connectivity index (χ3v) is 5.13. The molecule has 1 saturated heterocycles. The maximum atomic E-state index is 12.6. The van der Waals surface area contributed by atoms with E-state index in [9.17, 15) is 18.0 Å². The van der Waals surface area contributed by atoms with Crippen LogP contribution in [0.4, 0.5) is 13.2 Å². The highest BCUT2D eigenvalue weighted by molar-refractivity contribution is 7.13. The number of hydrogen-bond donors (Lipinski definition) is 1. The van der Waals surface area contributed by atoms with Crippen LogP contribution in [0.25, 0.3) is 10.6 Å². The zero-order chi connectivity index (χ0) is 18.0. The van der Waals surface area contributed by atoms with Crippen LogP contribution in [0.3, 0.4) is 0 Å². The van der Waals surface area contributed by atoms with Crippen molar-refractivity contribution in [2.45, 2.75) is 31.5 Å². The molecule has 2 heterocycles. The van der Waals surface area contributed by atoms with Crippen LogP contribution in [0.1, 0.15) is 35.3 Å². The highest BCUT2D eigenvalue weighted by atomic mass is 32.1. The predicted octanol–water partition coefficient (Wildman–Crippen LogP) is 3.78. The van der Waals surface area contributed by atoms with Gasteiger partial charge in [-0.15, -0.1) is 11.3 Å². The van der Waals surface area contributed by atoms with E-state index in [2.05, 4.69) is 4.98 Å². The van der Waals surface area contributed by atoms with Crippen molar-refractivity contribution in [3.8, 4) is 10.6 Å². The molecule has 0 bridgehead atoms. The second-order valence-electron chi connectivity index (χ2n) is 6.10. The molecule has 4 nitrogen and oxygen atoms in total. The van der Waals surface area contributed by atoms with Crippen molar-refractivity contribution in [1.29, 1.82) is 0 Å². The Kier molecular flexibility index (Phi) is 5.10. The Morgan fingerprint density at radius 2 is 1.92 bits per heavy atom. The van der Waals surface area contributed by atoms with Crippen molar-refractivity contribution in [1.82, 2.24) is 9.88 Å². The lowest BCUT2D eigenvalue weighted by Crippen LogP contribution is -2.33. The molecular formula is C17H18F3N3OS. The van der Waals surface area contributed by atoms with Crippen LogP contribution in [-0.4, -0.2) is 34.9 Å².